The van der Waals surface area contributed by atoms with Crippen LogP contribution in [0.3, 0.4) is 0 Å². The fourth-order valence-corrected chi connectivity index (χ4v) is 2.56. The summed E-state index contributed by atoms with van der Waals surface area (Å²) in [6.07, 6.45) is -5.97. The molecule has 1 aromatic heterocycles. The number of aryl methyl sites for hydroxylation is 1. The molecule has 1 aliphatic rings. The Labute approximate surface area is 135 Å². The number of Topliss-reactive ketones (excluding diaryl/α,β-unsaturated/α-hetero) is 1. The highest BCUT2D eigenvalue weighted by Crippen LogP contribution is 2.26. The van der Waals surface area contributed by atoms with Crippen LogP contribution < -0.4 is 10.4 Å². The third kappa shape index (κ3) is 2.92. The van der Waals surface area contributed by atoms with Crippen molar-refractivity contribution in [2.75, 3.05) is 6.61 Å². The maximum absolute atomic E-state index is 11.6. The Morgan fingerprint density at radius 1 is 1.21 bits per heavy atom. The maximum Gasteiger partial charge on any atom is 0.336 e. The monoisotopic (exact) mass is 336 g/mol. The Morgan fingerprint density at radius 3 is 2.67 bits per heavy atom. The smallest absolute Gasteiger partial charge is 0.336 e. The van der Waals surface area contributed by atoms with Crippen LogP contribution in [-0.4, -0.2) is 52.3 Å². The lowest BCUT2D eigenvalue weighted by atomic mass is 10.0. The highest BCUT2D eigenvalue weighted by atomic mass is 16.7. The minimum atomic E-state index is -1.72. The summed E-state index contributed by atoms with van der Waals surface area (Å²) in [7, 11) is 0. The van der Waals surface area contributed by atoms with Crippen molar-refractivity contribution in [2.24, 2.45) is 0 Å². The molecule has 0 saturated carbocycles. The molecular formula is C16H16O8. The fourth-order valence-electron chi connectivity index (χ4n) is 2.56. The van der Waals surface area contributed by atoms with Crippen LogP contribution in [0.5, 0.6) is 5.75 Å². The molecule has 1 aliphatic heterocycles. The molecule has 0 radical (unpaired) electrons. The average molecular weight is 336 g/mol. The number of fused-ring (bicyclic) bond motifs is 1. The van der Waals surface area contributed by atoms with Crippen molar-refractivity contribution in [1.82, 2.24) is 0 Å². The van der Waals surface area contributed by atoms with Gasteiger partial charge in [-0.25, -0.2) is 4.79 Å². The molecule has 0 unspecified atom stereocenters. The molecule has 1 saturated heterocycles. The predicted octanol–water partition coefficient (Wildman–Crippen LogP) is -0.512. The van der Waals surface area contributed by atoms with Gasteiger partial charge in [0.05, 0.1) is 6.61 Å². The van der Waals surface area contributed by atoms with Crippen molar-refractivity contribution in [1.29, 1.82) is 0 Å². The van der Waals surface area contributed by atoms with Gasteiger partial charge in [-0.15, -0.1) is 0 Å². The van der Waals surface area contributed by atoms with E-state index in [1.54, 1.807) is 19.1 Å². The average Bonchev–Trinajstić information content (AvgIpc) is 2.55. The van der Waals surface area contributed by atoms with E-state index in [4.69, 9.17) is 19.0 Å². The second-order valence-electron chi connectivity index (χ2n) is 5.54. The molecule has 8 nitrogen and oxygen atoms in total. The molecule has 0 bridgehead atoms. The molecule has 0 spiro atoms. The van der Waals surface area contributed by atoms with Gasteiger partial charge >= 0.3 is 5.63 Å². The van der Waals surface area contributed by atoms with E-state index < -0.39 is 42.6 Å². The molecular weight excluding hydrogens is 320 g/mol. The molecule has 24 heavy (non-hydrogen) atoms. The number of carbonyl (C=O) groups is 1. The first-order chi connectivity index (χ1) is 11.4. The molecule has 2 aromatic rings. The highest BCUT2D eigenvalue weighted by Gasteiger charge is 2.44. The summed E-state index contributed by atoms with van der Waals surface area (Å²) < 4.78 is 15.7. The maximum atomic E-state index is 11.6. The Hall–Kier alpha value is -2.26. The molecule has 4 atom stereocenters. The molecule has 0 amide bonds. The minimum absolute atomic E-state index is 0.207. The number of benzene rings is 1. The van der Waals surface area contributed by atoms with Crippen LogP contribution in [0.4, 0.5) is 0 Å². The van der Waals surface area contributed by atoms with Gasteiger partial charge in [-0.05, 0) is 24.6 Å². The van der Waals surface area contributed by atoms with Crippen molar-refractivity contribution < 1.29 is 34.0 Å². The van der Waals surface area contributed by atoms with E-state index in [9.17, 15) is 19.8 Å². The summed E-state index contributed by atoms with van der Waals surface area (Å²) in [6, 6.07) is 6.05. The zero-order valence-corrected chi connectivity index (χ0v) is 12.7. The lowest BCUT2D eigenvalue weighted by Crippen LogP contribution is -2.57. The highest BCUT2D eigenvalue weighted by molar-refractivity contribution is 5.88. The van der Waals surface area contributed by atoms with E-state index in [1.165, 1.54) is 12.1 Å². The first-order valence-electron chi connectivity index (χ1n) is 7.28. The molecule has 8 heteroatoms. The summed E-state index contributed by atoms with van der Waals surface area (Å²) in [4.78, 5) is 23.1. The molecule has 2 heterocycles. The first-order valence-corrected chi connectivity index (χ1v) is 7.28. The molecule has 0 aliphatic carbocycles. The fraction of sp³-hybridized carbons (Fsp3) is 0.375. The quantitative estimate of drug-likeness (QED) is 0.640. The van der Waals surface area contributed by atoms with Crippen molar-refractivity contribution in [3.05, 3.63) is 40.2 Å². The zero-order valence-electron chi connectivity index (χ0n) is 12.7. The largest absolute Gasteiger partial charge is 0.462 e. The molecule has 1 aromatic carbocycles. The molecule has 1 fully saturated rings. The Kier molecular flexibility index (Phi) is 4.37. The van der Waals surface area contributed by atoms with Gasteiger partial charge < -0.3 is 29.2 Å². The van der Waals surface area contributed by atoms with Crippen molar-refractivity contribution in [3.8, 4) is 5.75 Å². The van der Waals surface area contributed by atoms with Crippen LogP contribution in [0, 0.1) is 6.92 Å². The van der Waals surface area contributed by atoms with Crippen LogP contribution in [0.2, 0.25) is 0 Å². The van der Waals surface area contributed by atoms with Gasteiger partial charge in [-0.1, -0.05) is 0 Å². The number of carbonyl (C=O) groups excluding carboxylic acids is 1. The minimum Gasteiger partial charge on any atom is -0.462 e. The molecule has 3 N–H and O–H groups in total. The van der Waals surface area contributed by atoms with Gasteiger partial charge in [0.1, 0.15) is 29.6 Å². The van der Waals surface area contributed by atoms with Crippen LogP contribution in [0.15, 0.2) is 33.5 Å². The van der Waals surface area contributed by atoms with Crippen molar-refractivity contribution >= 4 is 16.8 Å². The Balaban J connectivity index is 1.89. The zero-order chi connectivity index (χ0) is 17.4. The Morgan fingerprint density at radius 2 is 1.96 bits per heavy atom. The van der Waals surface area contributed by atoms with Gasteiger partial charge in [0.15, 0.2) is 5.78 Å². The summed E-state index contributed by atoms with van der Waals surface area (Å²) in [6.45, 7) is 1.12. The van der Waals surface area contributed by atoms with Crippen LogP contribution in [-0.2, 0) is 9.53 Å². The number of ether oxygens (including phenoxy) is 2. The number of rotatable bonds is 3. The lowest BCUT2D eigenvalue weighted by molar-refractivity contribution is -0.230. The second kappa shape index (κ2) is 6.33. The Bertz CT molecular complexity index is 822. The normalized spacial score (nSPS) is 27.4. The summed E-state index contributed by atoms with van der Waals surface area (Å²) >= 11 is 0. The SMILES string of the molecule is Cc1cc(=O)oc2cc(O[C@H]3O[C@H](CO)C(=O)[C@H](O)[C@@H]3O)ccc12. The van der Waals surface area contributed by atoms with Crippen LogP contribution in [0.25, 0.3) is 11.0 Å². The molecule has 3 rings (SSSR count). The number of aliphatic hydroxyl groups is 3. The van der Waals surface area contributed by atoms with E-state index in [0.29, 0.717) is 0 Å². The standard InChI is InChI=1S/C16H16O8/c1-7-4-12(18)23-10-5-8(2-3-9(7)10)22-16-15(21)14(20)13(19)11(6-17)24-16/h2-5,11,14-17,20-21H,6H2,1H3/t11-,14+,15+,16+/m1/s1. The van der Waals surface area contributed by atoms with Gasteiger partial charge in [-0.3, -0.25) is 4.79 Å². The number of hydrogen-bond donors (Lipinski definition) is 3. The summed E-state index contributed by atoms with van der Waals surface area (Å²) in [5.41, 5.74) is 0.522. The van der Waals surface area contributed by atoms with Crippen LogP contribution >= 0.6 is 0 Å². The van der Waals surface area contributed by atoms with Gasteiger partial charge in [0, 0.05) is 17.5 Å². The van der Waals surface area contributed by atoms with Crippen molar-refractivity contribution in [2.45, 2.75) is 31.5 Å². The lowest BCUT2D eigenvalue weighted by Gasteiger charge is -2.35. The van der Waals surface area contributed by atoms with Gasteiger partial charge in [-0.2, -0.15) is 0 Å². The summed E-state index contributed by atoms with van der Waals surface area (Å²) in [5, 5.41) is 29.4. The third-order valence-corrected chi connectivity index (χ3v) is 3.85. The van der Waals surface area contributed by atoms with Crippen LogP contribution in [0.1, 0.15) is 5.56 Å². The van der Waals surface area contributed by atoms with E-state index in [2.05, 4.69) is 0 Å². The third-order valence-electron chi connectivity index (χ3n) is 3.85. The van der Waals surface area contributed by atoms with E-state index >= 15 is 0 Å². The summed E-state index contributed by atoms with van der Waals surface area (Å²) in [5.74, 6) is -0.608. The number of ketones is 1. The topological polar surface area (TPSA) is 126 Å². The van der Waals surface area contributed by atoms with E-state index in [0.717, 1.165) is 10.9 Å². The first kappa shape index (κ1) is 16.6. The van der Waals surface area contributed by atoms with E-state index in [1.807, 2.05) is 0 Å². The molecule has 128 valence electrons. The second-order valence-corrected chi connectivity index (χ2v) is 5.54. The van der Waals surface area contributed by atoms with Gasteiger partial charge in [0.2, 0.25) is 6.29 Å². The van der Waals surface area contributed by atoms with E-state index in [-0.39, 0.29) is 11.3 Å². The van der Waals surface area contributed by atoms with Gasteiger partial charge in [0.25, 0.3) is 0 Å². The number of hydrogen-bond acceptors (Lipinski definition) is 8. The number of aliphatic hydroxyl groups excluding tert-OH is 3. The predicted molar refractivity (Wildman–Crippen MR) is 80.6 cm³/mol. The van der Waals surface area contributed by atoms with Crippen molar-refractivity contribution in [3.63, 3.8) is 0 Å².